The molecule has 104 heavy (non-hydrogen) atoms. The van der Waals surface area contributed by atoms with Gasteiger partial charge in [-0.25, -0.2) is 4.79 Å². The molecule has 6 aliphatic rings. The molecule has 13 amide bonds. The zero-order chi connectivity index (χ0) is 74.2. The minimum atomic E-state index is -5.97. The summed E-state index contributed by atoms with van der Waals surface area (Å²) in [5.41, 5.74) is 2.04. The van der Waals surface area contributed by atoms with Gasteiger partial charge in [-0.05, 0) is 112 Å². The van der Waals surface area contributed by atoms with Gasteiger partial charge in [-0.2, -0.15) is 20.5 Å². The van der Waals surface area contributed by atoms with E-state index < -0.39 is 96.4 Å². The van der Waals surface area contributed by atoms with Crippen molar-refractivity contribution < 1.29 is 80.7 Å². The fourth-order valence-electron chi connectivity index (χ4n) is 14.4. The standard InChI is InChI=1S/C72H90F2N13O15PS/c73-72(74,103(100,101)102)46-26-28-50-45(38-46)39-52(78-50)65(93)80-53-41-85(61(91)25-12-5-3-4-9-18-43-21-17-22-48-49(43)40-86(69(48)97)55-31-33-60(90)82-66(55)94)37-34-47-27-30-56(87(47)70(53)98)67(95)79-51(29-32-58(75)88)64(92)83-62(44-19-10-8-11-20-44)68(96)77-36-16-7-2-1-6-15-35-76-59(89)24-14-13-23-57-63-54(42-104-57)81-71(99)84-63/h8,10-11,17,19-22,26,28,38-39,47,51,53-57,62-63,78H,1-7,12-16,23-25,27,29-37,40-42H2,(H2,75,88)(H,76,89)(H,77,96)(H,79,95)(H,80,93)(H,83,92)(H2,81,84,99)(H,82,90,94)(H2,100,101,102)/t47-,51?,53+,54+,55?,56+,57+,62+,63+/m1/s1. The van der Waals surface area contributed by atoms with Gasteiger partial charge in [-0.1, -0.05) is 92.8 Å². The highest BCUT2D eigenvalue weighted by Gasteiger charge is 2.51. The third kappa shape index (κ3) is 19.6. The van der Waals surface area contributed by atoms with Crippen LogP contribution in [0, 0.1) is 11.8 Å². The van der Waals surface area contributed by atoms with Crippen LogP contribution in [-0.4, -0.2) is 180 Å². The van der Waals surface area contributed by atoms with E-state index in [9.17, 15) is 75.9 Å². The quantitative estimate of drug-likeness (QED) is 0.0101. The minimum absolute atomic E-state index is 0.0264. The van der Waals surface area contributed by atoms with Crippen molar-refractivity contribution in [1.82, 2.24) is 62.2 Å². The van der Waals surface area contributed by atoms with Gasteiger partial charge in [0.05, 0.1) is 12.1 Å². The summed E-state index contributed by atoms with van der Waals surface area (Å²) in [7, 11) is -5.97. The number of carbonyl (C=O) groups excluding carboxylic acids is 12. The number of nitrogens with one attached hydrogen (secondary N) is 9. The number of nitrogens with zero attached hydrogens (tertiary/aromatic N) is 3. The summed E-state index contributed by atoms with van der Waals surface area (Å²) in [5.74, 6) is 0.999. The van der Waals surface area contributed by atoms with E-state index in [1.165, 1.54) is 14.7 Å². The number of carbonyl (C=O) groups is 12. The van der Waals surface area contributed by atoms with Crippen LogP contribution in [0.3, 0.4) is 0 Å². The van der Waals surface area contributed by atoms with Gasteiger partial charge in [0.2, 0.25) is 53.2 Å². The molecule has 3 aromatic carbocycles. The molecule has 558 valence electrons. The monoisotopic (exact) mass is 1480 g/mol. The van der Waals surface area contributed by atoms with Crippen molar-refractivity contribution >= 4 is 101 Å². The molecule has 0 bridgehead atoms. The number of alkyl halides is 2. The van der Waals surface area contributed by atoms with Crippen molar-refractivity contribution in [3.05, 3.63) is 106 Å². The molecule has 32 heteroatoms. The van der Waals surface area contributed by atoms with Crippen molar-refractivity contribution in [2.45, 2.75) is 207 Å². The highest BCUT2D eigenvalue weighted by Crippen LogP contribution is 2.59. The number of imide groups is 1. The summed E-state index contributed by atoms with van der Waals surface area (Å²) in [6.45, 7) is 0.732. The highest BCUT2D eigenvalue weighted by molar-refractivity contribution is 8.00. The van der Waals surface area contributed by atoms with Gasteiger partial charge >= 0.3 is 19.3 Å². The topological polar surface area (TPSA) is 410 Å². The Balaban J connectivity index is 0.734. The van der Waals surface area contributed by atoms with Crippen LogP contribution in [-0.2, 0) is 59.9 Å². The summed E-state index contributed by atoms with van der Waals surface area (Å²) < 4.78 is 41.4. The lowest BCUT2D eigenvalue weighted by atomic mass is 10.0. The Kier molecular flexibility index (Phi) is 26.4. The van der Waals surface area contributed by atoms with Gasteiger partial charge < -0.3 is 72.4 Å². The zero-order valence-corrected chi connectivity index (χ0v) is 59.4. The van der Waals surface area contributed by atoms with Crippen molar-refractivity contribution in [3.8, 4) is 11.8 Å². The summed E-state index contributed by atoms with van der Waals surface area (Å²) in [6, 6.07) is 10.7. The number of benzene rings is 3. The predicted octanol–water partition coefficient (Wildman–Crippen LogP) is 4.76. The second-order valence-electron chi connectivity index (χ2n) is 27.4. The number of amides is 13. The molecular formula is C72H90F2N13O15PS. The van der Waals surface area contributed by atoms with Crippen molar-refractivity contribution in [1.29, 1.82) is 0 Å². The average Bonchev–Trinajstić information content (AvgIpc) is 1.59. The number of urea groups is 1. The number of nitrogens with two attached hydrogens (primary N) is 1. The Morgan fingerprint density at radius 1 is 0.779 bits per heavy atom. The first-order valence-corrected chi connectivity index (χ1v) is 38.4. The molecule has 7 heterocycles. The van der Waals surface area contributed by atoms with E-state index in [4.69, 9.17) is 5.73 Å². The summed E-state index contributed by atoms with van der Waals surface area (Å²) in [6.07, 6.45) is 10.3. The van der Waals surface area contributed by atoms with E-state index in [0.717, 1.165) is 81.4 Å². The van der Waals surface area contributed by atoms with E-state index in [2.05, 4.69) is 59.4 Å². The van der Waals surface area contributed by atoms with Crippen LogP contribution >= 0.6 is 19.4 Å². The Morgan fingerprint density at radius 2 is 1.52 bits per heavy atom. The number of aromatic amines is 1. The van der Waals surface area contributed by atoms with Gasteiger partial charge in [0.25, 0.3) is 11.8 Å². The first-order chi connectivity index (χ1) is 49.8. The SMILES string of the molecule is NC(=O)CCC(NC(=O)[C@@H]1CC[C@@H]2CCN(C(=O)CCCCCC#Cc3cccc4c3CN(C3CCC(=O)NC3=O)C4=O)C[C@H](NC(=O)c3cc4cc(C(F)(F)P(=O)(O)O)ccc4[nH]3)C(=O)N21)C(=O)N[C@H](C(=O)NCCCCCCCCNC(=O)CCCC[C@@H]1SC[C@@H]2NC(=O)N[C@@H]21)c1ccccc1. The molecular weight excluding hydrogens is 1390 g/mol. The van der Waals surface area contributed by atoms with Gasteiger partial charge in [0, 0.05) is 109 Å². The number of fused-ring (bicyclic) bond motifs is 4. The number of piperidine rings is 1. The summed E-state index contributed by atoms with van der Waals surface area (Å²) >= 11 is 1.86. The number of halogens is 2. The molecule has 0 radical (unpaired) electrons. The van der Waals surface area contributed by atoms with E-state index in [1.54, 1.807) is 48.5 Å². The van der Waals surface area contributed by atoms with Crippen LogP contribution < -0.4 is 48.3 Å². The molecule has 1 aromatic heterocycles. The number of H-pyrrole nitrogens is 1. The predicted molar refractivity (Wildman–Crippen MR) is 378 cm³/mol. The number of hydrogen-bond donors (Lipinski definition) is 12. The van der Waals surface area contributed by atoms with Crippen LogP contribution in [0.5, 0.6) is 0 Å². The summed E-state index contributed by atoms with van der Waals surface area (Å²) in [4.78, 5) is 187. The molecule has 13 N–H and O–H groups in total. The van der Waals surface area contributed by atoms with Crippen LogP contribution in [0.4, 0.5) is 13.6 Å². The van der Waals surface area contributed by atoms with E-state index in [1.807, 2.05) is 11.8 Å². The molecule has 10 rings (SSSR count). The Hall–Kier alpha value is -9.24. The molecule has 9 atom stereocenters. The van der Waals surface area contributed by atoms with Crippen molar-refractivity contribution in [3.63, 3.8) is 0 Å². The molecule has 0 aliphatic carbocycles. The fraction of sp³-hybridized carbons (Fsp3) is 0.528. The molecule has 5 fully saturated rings. The number of hydrogen-bond acceptors (Lipinski definition) is 14. The second kappa shape index (κ2) is 35.5. The normalized spacial score (nSPS) is 21.4. The number of aromatic nitrogens is 1. The maximum absolute atomic E-state index is 15.2. The fourth-order valence-corrected chi connectivity index (χ4v) is 16.4. The molecule has 4 aromatic rings. The molecule has 2 unspecified atom stereocenters. The molecule has 5 saturated heterocycles. The number of primary amides is 1. The first-order valence-electron chi connectivity index (χ1n) is 35.7. The number of thioether (sulfide) groups is 1. The maximum Gasteiger partial charge on any atom is 0.399 e. The molecule has 28 nitrogen and oxygen atoms in total. The Morgan fingerprint density at radius 3 is 2.27 bits per heavy atom. The van der Waals surface area contributed by atoms with Crippen LogP contribution in [0.1, 0.15) is 190 Å². The van der Waals surface area contributed by atoms with E-state index in [0.29, 0.717) is 72.6 Å². The molecule has 6 aliphatic heterocycles. The van der Waals surface area contributed by atoms with Gasteiger partial charge in [0.1, 0.15) is 35.9 Å². The number of unbranched alkanes of at least 4 members (excludes halogenated alkanes) is 9. The highest BCUT2D eigenvalue weighted by atomic mass is 32.2. The van der Waals surface area contributed by atoms with Crippen LogP contribution in [0.2, 0.25) is 0 Å². The van der Waals surface area contributed by atoms with Gasteiger partial charge in [-0.3, -0.25) is 62.6 Å². The average molecular weight is 1480 g/mol. The first kappa shape index (κ1) is 77.4. The lowest BCUT2D eigenvalue weighted by Crippen LogP contribution is -2.62. The third-order valence-corrected chi connectivity index (χ3v) is 22.5. The van der Waals surface area contributed by atoms with E-state index in [-0.39, 0.29) is 136 Å². The lowest BCUT2D eigenvalue weighted by molar-refractivity contribution is -0.146. The zero-order valence-electron chi connectivity index (χ0n) is 57.7. The van der Waals surface area contributed by atoms with Crippen molar-refractivity contribution in [2.24, 2.45) is 5.73 Å². The summed E-state index contributed by atoms with van der Waals surface area (Å²) in [5, 5.41) is 22.7. The minimum Gasteiger partial charge on any atom is -0.370 e. The number of rotatable bonds is 33. The Bertz CT molecular complexity index is 4020. The second-order valence-corrected chi connectivity index (χ2v) is 30.3. The Labute approximate surface area is 604 Å². The maximum atomic E-state index is 15.2. The smallest absolute Gasteiger partial charge is 0.370 e. The van der Waals surface area contributed by atoms with Crippen molar-refractivity contribution in [2.75, 3.05) is 31.9 Å². The van der Waals surface area contributed by atoms with Crippen LogP contribution in [0.15, 0.2) is 72.8 Å². The van der Waals surface area contributed by atoms with Crippen LogP contribution in [0.25, 0.3) is 10.9 Å². The lowest BCUT2D eigenvalue weighted by Gasteiger charge is -2.39. The van der Waals surface area contributed by atoms with Gasteiger partial charge in [0.15, 0.2) is 0 Å². The van der Waals surface area contributed by atoms with E-state index >= 15 is 4.79 Å². The largest absolute Gasteiger partial charge is 0.399 e. The molecule has 0 saturated carbocycles. The third-order valence-electron chi connectivity index (χ3n) is 20.0. The van der Waals surface area contributed by atoms with Gasteiger partial charge in [-0.15, -0.1) is 0 Å². The molecule has 0 spiro atoms.